The molecule has 2 N–H and O–H groups in total. The molecule has 0 atom stereocenters. The van der Waals surface area contributed by atoms with E-state index in [1.165, 1.54) is 16.9 Å². The molecule has 186 valence electrons. The Morgan fingerprint density at radius 2 is 1.80 bits per heavy atom. The van der Waals surface area contributed by atoms with Gasteiger partial charge >= 0.3 is 6.03 Å². The summed E-state index contributed by atoms with van der Waals surface area (Å²) in [5.74, 6) is 1.04. The van der Waals surface area contributed by atoms with Crippen molar-refractivity contribution >= 4 is 50.3 Å². The molecule has 2 aromatic heterocycles. The van der Waals surface area contributed by atoms with Crippen molar-refractivity contribution in [2.45, 2.75) is 26.7 Å². The number of benzene rings is 1. The number of urea groups is 1. The molecular weight excluding hydrogens is 462 g/mol. The number of hydrogen-bond donors (Lipinski definition) is 2. The van der Waals surface area contributed by atoms with Gasteiger partial charge in [0.1, 0.15) is 16.2 Å². The van der Waals surface area contributed by atoms with Crippen molar-refractivity contribution in [3.8, 4) is 0 Å². The number of nitrogens with one attached hydrogen (secondary N) is 2. The van der Waals surface area contributed by atoms with E-state index in [1.807, 2.05) is 35.9 Å². The number of rotatable bonds is 8. The summed E-state index contributed by atoms with van der Waals surface area (Å²) in [6.07, 6.45) is 1.42. The third-order valence-electron chi connectivity index (χ3n) is 6.19. The SMILES string of the molecule is CCC(=O)N1CCN(CCCNC(=O)Nc2nc3ccc(N(C)c4ccc(C)cc4)nc3s2)CC1. The van der Waals surface area contributed by atoms with Crippen LogP contribution in [-0.2, 0) is 4.79 Å². The van der Waals surface area contributed by atoms with Crippen molar-refractivity contribution in [2.24, 2.45) is 0 Å². The lowest BCUT2D eigenvalue weighted by molar-refractivity contribution is -0.132. The number of fused-ring (bicyclic) bond motifs is 1. The number of nitrogens with zero attached hydrogens (tertiary/aromatic N) is 5. The molecule has 4 rings (SSSR count). The molecule has 35 heavy (non-hydrogen) atoms. The Labute approximate surface area is 210 Å². The zero-order chi connectivity index (χ0) is 24.8. The zero-order valence-corrected chi connectivity index (χ0v) is 21.4. The molecule has 1 saturated heterocycles. The lowest BCUT2D eigenvalue weighted by atomic mass is 10.2. The first-order valence-corrected chi connectivity index (χ1v) is 12.9. The molecule has 10 heteroatoms. The normalized spacial score (nSPS) is 14.2. The summed E-state index contributed by atoms with van der Waals surface area (Å²) in [5.41, 5.74) is 3.03. The Morgan fingerprint density at radius 3 is 2.51 bits per heavy atom. The standard InChI is InChI=1S/C25H33N7O2S/c1-4-22(33)32-16-14-31(15-17-32)13-5-12-26-24(34)29-25-27-20-10-11-21(28-23(20)35-25)30(3)19-8-6-18(2)7-9-19/h6-11H,4-5,12-17H2,1-3H3,(H2,26,27,29,34). The summed E-state index contributed by atoms with van der Waals surface area (Å²) in [5, 5.41) is 6.26. The molecule has 0 aliphatic carbocycles. The van der Waals surface area contributed by atoms with Gasteiger partial charge in [-0.2, -0.15) is 0 Å². The Bertz CT molecular complexity index is 1160. The average molecular weight is 496 g/mol. The van der Waals surface area contributed by atoms with Crippen LogP contribution in [0.25, 0.3) is 10.3 Å². The van der Waals surface area contributed by atoms with Crippen LogP contribution in [0, 0.1) is 6.92 Å². The van der Waals surface area contributed by atoms with Crippen molar-refractivity contribution in [3.63, 3.8) is 0 Å². The fraction of sp³-hybridized carbons (Fsp3) is 0.440. The number of carbonyl (C=O) groups excluding carboxylic acids is 2. The van der Waals surface area contributed by atoms with E-state index in [9.17, 15) is 9.59 Å². The van der Waals surface area contributed by atoms with Crippen molar-refractivity contribution in [3.05, 3.63) is 42.0 Å². The van der Waals surface area contributed by atoms with E-state index in [4.69, 9.17) is 4.98 Å². The highest BCUT2D eigenvalue weighted by atomic mass is 32.1. The van der Waals surface area contributed by atoms with Crippen LogP contribution in [0.3, 0.4) is 0 Å². The summed E-state index contributed by atoms with van der Waals surface area (Å²) < 4.78 is 0. The lowest BCUT2D eigenvalue weighted by Crippen LogP contribution is -2.49. The molecule has 0 saturated carbocycles. The zero-order valence-electron chi connectivity index (χ0n) is 20.6. The second-order valence-electron chi connectivity index (χ2n) is 8.72. The minimum Gasteiger partial charge on any atom is -0.340 e. The summed E-state index contributed by atoms with van der Waals surface area (Å²) in [7, 11) is 1.98. The average Bonchev–Trinajstić information content (AvgIpc) is 3.28. The van der Waals surface area contributed by atoms with Gasteiger partial charge in [0.25, 0.3) is 0 Å². The molecule has 3 heterocycles. The molecule has 0 spiro atoms. The molecule has 1 aliphatic rings. The number of aryl methyl sites for hydroxylation is 1. The van der Waals surface area contributed by atoms with Crippen LogP contribution in [0.2, 0.25) is 0 Å². The molecule has 1 aromatic carbocycles. The van der Waals surface area contributed by atoms with E-state index in [-0.39, 0.29) is 11.9 Å². The van der Waals surface area contributed by atoms with Gasteiger partial charge < -0.3 is 15.1 Å². The first kappa shape index (κ1) is 24.9. The summed E-state index contributed by atoms with van der Waals surface area (Å²) >= 11 is 1.36. The number of anilines is 3. The molecule has 3 amide bonds. The highest BCUT2D eigenvalue weighted by Gasteiger charge is 2.19. The van der Waals surface area contributed by atoms with Crippen LogP contribution in [0.5, 0.6) is 0 Å². The Morgan fingerprint density at radius 1 is 1.06 bits per heavy atom. The van der Waals surface area contributed by atoms with Crippen LogP contribution in [0.4, 0.5) is 21.4 Å². The van der Waals surface area contributed by atoms with E-state index in [0.29, 0.717) is 18.1 Å². The highest BCUT2D eigenvalue weighted by Crippen LogP contribution is 2.29. The number of thiazole rings is 1. The van der Waals surface area contributed by atoms with E-state index >= 15 is 0 Å². The van der Waals surface area contributed by atoms with E-state index in [2.05, 4.69) is 51.7 Å². The number of pyridine rings is 1. The van der Waals surface area contributed by atoms with Gasteiger partial charge in [-0.1, -0.05) is 36.0 Å². The van der Waals surface area contributed by atoms with Gasteiger partial charge in [-0.15, -0.1) is 0 Å². The predicted molar refractivity (Wildman–Crippen MR) is 142 cm³/mol. The van der Waals surface area contributed by atoms with Crippen LogP contribution < -0.4 is 15.5 Å². The van der Waals surface area contributed by atoms with Gasteiger partial charge in [-0.3, -0.25) is 15.0 Å². The van der Waals surface area contributed by atoms with Gasteiger partial charge in [0.2, 0.25) is 5.91 Å². The molecule has 3 aromatic rings. The Balaban J connectivity index is 1.23. The predicted octanol–water partition coefficient (Wildman–Crippen LogP) is 3.83. The minimum absolute atomic E-state index is 0.225. The van der Waals surface area contributed by atoms with E-state index in [0.717, 1.165) is 61.0 Å². The summed E-state index contributed by atoms with van der Waals surface area (Å²) in [6.45, 7) is 8.79. The maximum absolute atomic E-state index is 12.3. The molecular formula is C25H33N7O2S. The first-order chi connectivity index (χ1) is 16.9. The molecule has 0 radical (unpaired) electrons. The van der Waals surface area contributed by atoms with Crippen molar-refractivity contribution < 1.29 is 9.59 Å². The molecule has 9 nitrogen and oxygen atoms in total. The van der Waals surface area contributed by atoms with Gasteiger partial charge in [0.15, 0.2) is 5.13 Å². The number of amides is 3. The number of carbonyl (C=O) groups is 2. The second kappa shape index (κ2) is 11.5. The fourth-order valence-corrected chi connectivity index (χ4v) is 4.87. The first-order valence-electron chi connectivity index (χ1n) is 12.1. The Kier molecular flexibility index (Phi) is 8.14. The molecule has 0 unspecified atom stereocenters. The van der Waals surface area contributed by atoms with Crippen LogP contribution >= 0.6 is 11.3 Å². The Hall–Kier alpha value is -3.24. The smallest absolute Gasteiger partial charge is 0.321 e. The van der Waals surface area contributed by atoms with Gasteiger partial charge in [-0.25, -0.2) is 14.8 Å². The summed E-state index contributed by atoms with van der Waals surface area (Å²) in [4.78, 5) is 40.4. The lowest BCUT2D eigenvalue weighted by Gasteiger charge is -2.34. The van der Waals surface area contributed by atoms with Gasteiger partial charge in [-0.05, 0) is 44.2 Å². The minimum atomic E-state index is -0.264. The third-order valence-corrected chi connectivity index (χ3v) is 7.07. The quantitative estimate of drug-likeness (QED) is 0.462. The van der Waals surface area contributed by atoms with Gasteiger partial charge in [0.05, 0.1) is 0 Å². The largest absolute Gasteiger partial charge is 0.340 e. The van der Waals surface area contributed by atoms with Crippen LogP contribution in [-0.4, -0.2) is 78.0 Å². The third kappa shape index (κ3) is 6.46. The second-order valence-corrected chi connectivity index (χ2v) is 9.70. The molecule has 0 bridgehead atoms. The topological polar surface area (TPSA) is 93.7 Å². The van der Waals surface area contributed by atoms with Crippen molar-refractivity contribution in [1.82, 2.24) is 25.1 Å². The van der Waals surface area contributed by atoms with Crippen LogP contribution in [0.1, 0.15) is 25.3 Å². The molecule has 1 aliphatic heterocycles. The fourth-order valence-electron chi connectivity index (χ4n) is 4.04. The van der Waals surface area contributed by atoms with Crippen molar-refractivity contribution in [1.29, 1.82) is 0 Å². The summed E-state index contributed by atoms with van der Waals surface area (Å²) in [6, 6.07) is 11.9. The molecule has 1 fully saturated rings. The maximum Gasteiger partial charge on any atom is 0.321 e. The number of hydrogen-bond acceptors (Lipinski definition) is 7. The highest BCUT2D eigenvalue weighted by molar-refractivity contribution is 7.22. The number of piperazine rings is 1. The van der Waals surface area contributed by atoms with E-state index in [1.54, 1.807) is 0 Å². The monoisotopic (exact) mass is 495 g/mol. The van der Waals surface area contributed by atoms with Crippen molar-refractivity contribution in [2.75, 3.05) is 56.5 Å². The maximum atomic E-state index is 12.3. The number of aromatic nitrogens is 2. The van der Waals surface area contributed by atoms with Crippen LogP contribution in [0.15, 0.2) is 36.4 Å². The van der Waals surface area contributed by atoms with E-state index < -0.39 is 0 Å². The van der Waals surface area contributed by atoms with Gasteiger partial charge in [0, 0.05) is 51.9 Å².